The molecule has 1 N–H and O–H groups in total. The van der Waals surface area contributed by atoms with Crippen LogP contribution in [0.25, 0.3) is 28.2 Å². The van der Waals surface area contributed by atoms with Gasteiger partial charge in [0, 0.05) is 11.1 Å². The zero-order chi connectivity index (χ0) is 26.0. The van der Waals surface area contributed by atoms with E-state index in [4.69, 9.17) is 19.6 Å². The molecule has 1 atom stereocenters. The summed E-state index contributed by atoms with van der Waals surface area (Å²) in [6.45, 7) is 2.29. The van der Waals surface area contributed by atoms with Gasteiger partial charge in [0.1, 0.15) is 11.4 Å². The number of carbonyl (C=O) groups is 1. The Bertz CT molecular complexity index is 1270. The average molecular weight is 499 g/mol. The van der Waals surface area contributed by atoms with E-state index in [-0.39, 0.29) is 5.92 Å². The number of carboxylic acid groups (broad SMARTS) is 1. The number of hydrogen-bond donors (Lipinski definition) is 1. The van der Waals surface area contributed by atoms with Crippen LogP contribution in [0, 0.1) is 5.92 Å². The minimum Gasteiger partial charge on any atom is -0.497 e. The van der Waals surface area contributed by atoms with Crippen LogP contribution in [0.5, 0.6) is 11.8 Å². The number of imidazole rings is 1. The lowest BCUT2D eigenvalue weighted by atomic mass is 10.0. The van der Waals surface area contributed by atoms with Gasteiger partial charge in [0.2, 0.25) is 0 Å². The molecule has 192 valence electrons. The number of unbranched alkanes of at least 4 members (excludes halogenated alkanes) is 3. The number of carboxylic acids is 1. The number of methoxy groups -OCH3 is 1. The zero-order valence-corrected chi connectivity index (χ0v) is 21.5. The number of nitrogens with zero attached hydrogens (tertiary/aromatic N) is 2. The molecule has 0 saturated carbocycles. The van der Waals surface area contributed by atoms with Crippen LogP contribution in [-0.2, 0) is 4.79 Å². The van der Waals surface area contributed by atoms with Gasteiger partial charge in [-0.3, -0.25) is 9.36 Å². The van der Waals surface area contributed by atoms with Crippen LogP contribution in [0.15, 0.2) is 84.9 Å². The molecule has 6 heteroatoms. The van der Waals surface area contributed by atoms with E-state index >= 15 is 0 Å². The van der Waals surface area contributed by atoms with Crippen molar-refractivity contribution in [2.24, 2.45) is 5.92 Å². The van der Waals surface area contributed by atoms with Gasteiger partial charge in [-0.05, 0) is 37.1 Å². The Morgan fingerprint density at radius 1 is 0.865 bits per heavy atom. The van der Waals surface area contributed by atoms with Crippen LogP contribution in [0.1, 0.15) is 39.0 Å². The molecule has 4 aromatic rings. The van der Waals surface area contributed by atoms with Crippen LogP contribution in [0.4, 0.5) is 0 Å². The quantitative estimate of drug-likeness (QED) is 0.196. The highest BCUT2D eigenvalue weighted by atomic mass is 16.5. The minimum atomic E-state index is -0.725. The van der Waals surface area contributed by atoms with E-state index in [0.717, 1.165) is 59.6 Å². The molecule has 0 bridgehead atoms. The molecule has 0 aliphatic rings. The smallest absolute Gasteiger partial charge is 0.306 e. The van der Waals surface area contributed by atoms with E-state index in [2.05, 4.69) is 28.8 Å². The summed E-state index contributed by atoms with van der Waals surface area (Å²) in [5.74, 6) is -0.230. The van der Waals surface area contributed by atoms with Crippen molar-refractivity contribution in [3.8, 4) is 40.0 Å². The molecule has 0 spiro atoms. The predicted molar refractivity (Wildman–Crippen MR) is 146 cm³/mol. The lowest BCUT2D eigenvalue weighted by Crippen LogP contribution is -2.09. The summed E-state index contributed by atoms with van der Waals surface area (Å²) in [6.07, 6.45) is 4.45. The third kappa shape index (κ3) is 6.58. The van der Waals surface area contributed by atoms with Crippen molar-refractivity contribution in [3.05, 3.63) is 84.9 Å². The molecule has 6 nitrogen and oxygen atoms in total. The van der Waals surface area contributed by atoms with Gasteiger partial charge >= 0.3 is 12.0 Å². The van der Waals surface area contributed by atoms with Gasteiger partial charge in [-0.2, -0.15) is 4.98 Å². The Hall–Kier alpha value is -4.06. The molecule has 3 aromatic carbocycles. The van der Waals surface area contributed by atoms with E-state index in [1.54, 1.807) is 14.0 Å². The molecule has 0 amide bonds. The second-order valence-electron chi connectivity index (χ2n) is 9.15. The summed E-state index contributed by atoms with van der Waals surface area (Å²) in [5, 5.41) is 9.05. The molecule has 0 radical (unpaired) electrons. The average Bonchev–Trinajstić information content (AvgIpc) is 3.32. The largest absolute Gasteiger partial charge is 0.497 e. The van der Waals surface area contributed by atoms with Crippen molar-refractivity contribution in [2.45, 2.75) is 39.0 Å². The first kappa shape index (κ1) is 26.0. The van der Waals surface area contributed by atoms with Crippen molar-refractivity contribution in [2.75, 3.05) is 13.7 Å². The number of aliphatic carboxylic acids is 1. The first-order valence-corrected chi connectivity index (χ1v) is 12.8. The number of hydrogen-bond acceptors (Lipinski definition) is 4. The number of benzene rings is 3. The van der Waals surface area contributed by atoms with Crippen molar-refractivity contribution >= 4 is 5.97 Å². The fourth-order valence-electron chi connectivity index (χ4n) is 4.32. The van der Waals surface area contributed by atoms with E-state index in [0.29, 0.717) is 19.0 Å². The Kier molecular flexibility index (Phi) is 8.98. The second-order valence-corrected chi connectivity index (χ2v) is 9.15. The fourth-order valence-corrected chi connectivity index (χ4v) is 4.32. The van der Waals surface area contributed by atoms with Gasteiger partial charge in [-0.25, -0.2) is 0 Å². The highest BCUT2D eigenvalue weighted by Gasteiger charge is 2.22. The van der Waals surface area contributed by atoms with Crippen LogP contribution >= 0.6 is 0 Å². The summed E-state index contributed by atoms with van der Waals surface area (Å²) >= 11 is 0. The molecular formula is C31H34N2O4. The van der Waals surface area contributed by atoms with Gasteiger partial charge < -0.3 is 14.6 Å². The summed E-state index contributed by atoms with van der Waals surface area (Å²) in [5.41, 5.74) is 4.83. The normalized spacial score (nSPS) is 11.7. The zero-order valence-electron chi connectivity index (χ0n) is 21.5. The van der Waals surface area contributed by atoms with Crippen LogP contribution in [0.2, 0.25) is 0 Å². The lowest BCUT2D eigenvalue weighted by molar-refractivity contribution is -0.141. The van der Waals surface area contributed by atoms with Gasteiger partial charge in [0.15, 0.2) is 0 Å². The highest BCUT2D eigenvalue weighted by molar-refractivity contribution is 5.81. The highest BCUT2D eigenvalue weighted by Crippen LogP contribution is 2.38. The van der Waals surface area contributed by atoms with Crippen molar-refractivity contribution in [1.82, 2.24) is 9.55 Å². The Morgan fingerprint density at radius 2 is 1.49 bits per heavy atom. The van der Waals surface area contributed by atoms with Crippen molar-refractivity contribution in [1.29, 1.82) is 0 Å². The standard InChI is InChI=1S/C31H34N2O4/c1-23(30(34)35)13-7-3-4-12-22-37-31-32-28(24-14-8-5-9-15-24)29(25-16-10-6-11-17-25)33(31)26-18-20-27(36-2)21-19-26/h5-6,8-11,14-21,23H,3-4,7,12-13,22H2,1-2H3,(H,34,35). The Labute approximate surface area is 218 Å². The third-order valence-corrected chi connectivity index (χ3v) is 6.46. The lowest BCUT2D eigenvalue weighted by Gasteiger charge is -2.14. The Balaban J connectivity index is 1.62. The number of ether oxygens (including phenoxy) is 2. The van der Waals surface area contributed by atoms with Gasteiger partial charge in [-0.1, -0.05) is 86.8 Å². The molecule has 1 heterocycles. The summed E-state index contributed by atoms with van der Waals surface area (Å²) in [7, 11) is 1.66. The molecule has 1 unspecified atom stereocenters. The van der Waals surface area contributed by atoms with Crippen molar-refractivity contribution < 1.29 is 19.4 Å². The van der Waals surface area contributed by atoms with E-state index in [1.807, 2.05) is 60.7 Å². The van der Waals surface area contributed by atoms with Crippen molar-refractivity contribution in [3.63, 3.8) is 0 Å². The molecular weight excluding hydrogens is 464 g/mol. The Morgan fingerprint density at radius 3 is 2.11 bits per heavy atom. The SMILES string of the molecule is COc1ccc(-n2c(OCCCCCCC(C)C(=O)O)nc(-c3ccccc3)c2-c2ccccc2)cc1. The van der Waals surface area contributed by atoms with E-state index in [9.17, 15) is 4.79 Å². The maximum absolute atomic E-state index is 11.0. The molecule has 0 saturated heterocycles. The first-order chi connectivity index (χ1) is 18.1. The molecule has 0 fully saturated rings. The monoisotopic (exact) mass is 498 g/mol. The van der Waals surface area contributed by atoms with Crippen LogP contribution in [0.3, 0.4) is 0 Å². The maximum Gasteiger partial charge on any atom is 0.306 e. The van der Waals surface area contributed by atoms with Gasteiger partial charge in [0.25, 0.3) is 0 Å². The molecule has 4 rings (SSSR count). The topological polar surface area (TPSA) is 73.6 Å². The summed E-state index contributed by atoms with van der Waals surface area (Å²) in [6, 6.07) is 28.9. The minimum absolute atomic E-state index is 0.291. The molecule has 1 aromatic heterocycles. The van der Waals surface area contributed by atoms with Crippen LogP contribution in [-0.4, -0.2) is 34.3 Å². The summed E-state index contributed by atoms with van der Waals surface area (Å²) in [4.78, 5) is 16.0. The predicted octanol–water partition coefficient (Wildman–Crippen LogP) is 7.26. The number of aromatic nitrogens is 2. The first-order valence-electron chi connectivity index (χ1n) is 12.8. The third-order valence-electron chi connectivity index (χ3n) is 6.46. The van der Waals surface area contributed by atoms with E-state index < -0.39 is 5.97 Å². The summed E-state index contributed by atoms with van der Waals surface area (Å²) < 4.78 is 13.8. The van der Waals surface area contributed by atoms with Gasteiger partial charge in [-0.15, -0.1) is 0 Å². The van der Waals surface area contributed by atoms with E-state index in [1.165, 1.54) is 0 Å². The number of rotatable bonds is 13. The molecule has 37 heavy (non-hydrogen) atoms. The van der Waals surface area contributed by atoms with Gasteiger partial charge in [0.05, 0.1) is 31.0 Å². The maximum atomic E-state index is 11.0. The van der Waals surface area contributed by atoms with Crippen LogP contribution < -0.4 is 9.47 Å². The molecule has 0 aliphatic heterocycles. The second kappa shape index (κ2) is 12.8. The molecule has 0 aliphatic carbocycles. The fraction of sp³-hybridized carbons (Fsp3) is 0.290.